The van der Waals surface area contributed by atoms with Gasteiger partial charge in [-0.25, -0.2) is 4.39 Å². The van der Waals surface area contributed by atoms with Gasteiger partial charge in [-0.3, -0.25) is 0 Å². The van der Waals surface area contributed by atoms with Gasteiger partial charge in [-0.1, -0.05) is 0 Å². The van der Waals surface area contributed by atoms with Crippen molar-refractivity contribution in [1.82, 2.24) is 4.90 Å². The molecule has 0 bridgehead atoms. The molecule has 1 saturated heterocycles. The molecule has 0 radical (unpaired) electrons. The summed E-state index contributed by atoms with van der Waals surface area (Å²) < 4.78 is 13.5. The summed E-state index contributed by atoms with van der Waals surface area (Å²) in [6.07, 6.45) is 1.95. The lowest BCUT2D eigenvalue weighted by Gasteiger charge is -2.26. The second-order valence-corrected chi connectivity index (χ2v) is 6.25. The molecule has 4 heteroatoms. The molecule has 112 valence electrons. The van der Waals surface area contributed by atoms with Crippen molar-refractivity contribution in [2.75, 3.05) is 38.6 Å². The molecule has 1 aliphatic rings. The van der Waals surface area contributed by atoms with E-state index >= 15 is 0 Å². The Bertz CT molecular complexity index is 447. The van der Waals surface area contributed by atoms with Crippen LogP contribution in [0, 0.1) is 11.7 Å². The monoisotopic (exact) mass is 279 g/mol. The summed E-state index contributed by atoms with van der Waals surface area (Å²) >= 11 is 0. The lowest BCUT2D eigenvalue weighted by molar-refractivity contribution is 0.396. The number of halogens is 1. The molecule has 0 spiro atoms. The van der Waals surface area contributed by atoms with Crippen molar-refractivity contribution < 1.29 is 4.39 Å². The van der Waals surface area contributed by atoms with Crippen molar-refractivity contribution in [2.45, 2.75) is 25.8 Å². The average Bonchev–Trinajstić information content (AvgIpc) is 2.73. The van der Waals surface area contributed by atoms with Crippen LogP contribution in [0.1, 0.15) is 18.9 Å². The van der Waals surface area contributed by atoms with Crippen LogP contribution >= 0.6 is 0 Å². The highest BCUT2D eigenvalue weighted by Gasteiger charge is 2.21. The summed E-state index contributed by atoms with van der Waals surface area (Å²) in [5, 5.41) is 0. The van der Waals surface area contributed by atoms with Gasteiger partial charge in [0.15, 0.2) is 0 Å². The first-order valence-electron chi connectivity index (χ1n) is 7.39. The number of nitrogens with two attached hydrogens (primary N) is 1. The summed E-state index contributed by atoms with van der Waals surface area (Å²) in [4.78, 5) is 4.62. The smallest absolute Gasteiger partial charge is 0.123 e. The van der Waals surface area contributed by atoms with E-state index in [1.165, 1.54) is 19.0 Å². The molecular formula is C16H26FN3. The molecule has 1 aliphatic heterocycles. The highest BCUT2D eigenvalue weighted by molar-refractivity contribution is 5.53. The van der Waals surface area contributed by atoms with Crippen molar-refractivity contribution in [2.24, 2.45) is 11.7 Å². The summed E-state index contributed by atoms with van der Waals surface area (Å²) in [7, 11) is 4.26. The van der Waals surface area contributed by atoms with Gasteiger partial charge in [0.1, 0.15) is 5.82 Å². The van der Waals surface area contributed by atoms with Crippen LogP contribution in [-0.4, -0.2) is 44.7 Å². The Labute approximate surface area is 121 Å². The van der Waals surface area contributed by atoms with Crippen LogP contribution < -0.4 is 10.6 Å². The van der Waals surface area contributed by atoms with Crippen LogP contribution in [0.3, 0.4) is 0 Å². The van der Waals surface area contributed by atoms with Crippen molar-refractivity contribution >= 4 is 5.69 Å². The zero-order valence-corrected chi connectivity index (χ0v) is 12.8. The van der Waals surface area contributed by atoms with Gasteiger partial charge >= 0.3 is 0 Å². The van der Waals surface area contributed by atoms with Gasteiger partial charge in [-0.15, -0.1) is 0 Å². The summed E-state index contributed by atoms with van der Waals surface area (Å²) in [6, 6.07) is 5.08. The van der Waals surface area contributed by atoms with Gasteiger partial charge in [0.05, 0.1) is 0 Å². The van der Waals surface area contributed by atoms with Crippen molar-refractivity contribution in [3.05, 3.63) is 29.6 Å². The van der Waals surface area contributed by atoms with Gasteiger partial charge in [-0.2, -0.15) is 0 Å². The SMILES string of the molecule is CC(N)Cc1cc(F)ccc1N(C)CC1CCN(C)C1. The van der Waals surface area contributed by atoms with Gasteiger partial charge in [0.25, 0.3) is 0 Å². The number of nitrogens with zero attached hydrogens (tertiary/aromatic N) is 2. The van der Waals surface area contributed by atoms with Crippen molar-refractivity contribution in [3.63, 3.8) is 0 Å². The van der Waals surface area contributed by atoms with Gasteiger partial charge in [0.2, 0.25) is 0 Å². The zero-order valence-electron chi connectivity index (χ0n) is 12.8. The molecular weight excluding hydrogens is 253 g/mol. The first-order valence-corrected chi connectivity index (χ1v) is 7.39. The fourth-order valence-corrected chi connectivity index (χ4v) is 3.10. The van der Waals surface area contributed by atoms with Crippen LogP contribution in [0.5, 0.6) is 0 Å². The molecule has 0 aromatic heterocycles. The molecule has 2 unspecified atom stereocenters. The largest absolute Gasteiger partial charge is 0.374 e. The number of benzene rings is 1. The quantitative estimate of drug-likeness (QED) is 0.896. The third kappa shape index (κ3) is 3.93. The maximum absolute atomic E-state index is 13.5. The summed E-state index contributed by atoms with van der Waals surface area (Å²) in [5.41, 5.74) is 8.00. The zero-order chi connectivity index (χ0) is 14.7. The highest BCUT2D eigenvalue weighted by Crippen LogP contribution is 2.24. The van der Waals surface area contributed by atoms with E-state index in [2.05, 4.69) is 23.9 Å². The van der Waals surface area contributed by atoms with Crippen molar-refractivity contribution in [1.29, 1.82) is 0 Å². The van der Waals surface area contributed by atoms with Crippen molar-refractivity contribution in [3.8, 4) is 0 Å². The topological polar surface area (TPSA) is 32.5 Å². The van der Waals surface area contributed by atoms with Crippen LogP contribution in [-0.2, 0) is 6.42 Å². The lowest BCUT2D eigenvalue weighted by atomic mass is 10.0. The van der Waals surface area contributed by atoms with Gasteiger partial charge < -0.3 is 15.5 Å². The number of likely N-dealkylation sites (tertiary alicyclic amines) is 1. The Morgan fingerprint density at radius 2 is 2.25 bits per heavy atom. The molecule has 1 aromatic rings. The van der Waals surface area contributed by atoms with E-state index < -0.39 is 0 Å². The van der Waals surface area contributed by atoms with E-state index in [-0.39, 0.29) is 11.9 Å². The maximum atomic E-state index is 13.5. The number of anilines is 1. The van der Waals surface area contributed by atoms with E-state index in [1.54, 1.807) is 6.07 Å². The normalized spacial score (nSPS) is 21.1. The first-order chi connectivity index (χ1) is 9.45. The number of hydrogen-bond donors (Lipinski definition) is 1. The van der Waals surface area contributed by atoms with E-state index in [1.807, 2.05) is 13.0 Å². The number of hydrogen-bond acceptors (Lipinski definition) is 3. The molecule has 2 N–H and O–H groups in total. The standard InChI is InChI=1S/C16H26FN3/c1-12(18)8-14-9-15(17)4-5-16(14)20(3)11-13-6-7-19(2)10-13/h4-5,9,12-13H,6-8,10-11,18H2,1-3H3. The molecule has 1 fully saturated rings. The average molecular weight is 279 g/mol. The fraction of sp³-hybridized carbons (Fsp3) is 0.625. The van der Waals surface area contributed by atoms with E-state index in [4.69, 9.17) is 5.73 Å². The predicted molar refractivity (Wildman–Crippen MR) is 82.6 cm³/mol. The molecule has 1 aromatic carbocycles. The number of rotatable bonds is 5. The lowest BCUT2D eigenvalue weighted by Crippen LogP contribution is -2.29. The Kier molecular flexibility index (Phi) is 5.00. The van der Waals surface area contributed by atoms with Crippen LogP contribution in [0.25, 0.3) is 0 Å². The third-order valence-corrected chi connectivity index (χ3v) is 4.02. The Balaban J connectivity index is 2.09. The highest BCUT2D eigenvalue weighted by atomic mass is 19.1. The van der Waals surface area contributed by atoms with Crippen LogP contribution in [0.15, 0.2) is 18.2 Å². The molecule has 3 nitrogen and oxygen atoms in total. The molecule has 2 rings (SSSR count). The third-order valence-electron chi connectivity index (χ3n) is 4.02. The molecule has 2 atom stereocenters. The van der Waals surface area contributed by atoms with Gasteiger partial charge in [0, 0.05) is 31.9 Å². The Morgan fingerprint density at radius 3 is 2.85 bits per heavy atom. The summed E-state index contributed by atoms with van der Waals surface area (Å²) in [6.45, 7) is 5.30. The minimum Gasteiger partial charge on any atom is -0.374 e. The molecule has 0 amide bonds. The van der Waals surface area contributed by atoms with E-state index in [0.717, 1.165) is 24.3 Å². The van der Waals surface area contributed by atoms with Crippen LogP contribution in [0.2, 0.25) is 0 Å². The maximum Gasteiger partial charge on any atom is 0.123 e. The van der Waals surface area contributed by atoms with E-state index in [9.17, 15) is 4.39 Å². The first kappa shape index (κ1) is 15.3. The molecule has 0 aliphatic carbocycles. The van der Waals surface area contributed by atoms with Gasteiger partial charge in [-0.05, 0) is 63.0 Å². The summed E-state index contributed by atoms with van der Waals surface area (Å²) in [5.74, 6) is 0.511. The molecule has 0 saturated carbocycles. The molecule has 20 heavy (non-hydrogen) atoms. The van der Waals surface area contributed by atoms with E-state index in [0.29, 0.717) is 12.3 Å². The second kappa shape index (κ2) is 6.55. The fourth-order valence-electron chi connectivity index (χ4n) is 3.10. The predicted octanol–water partition coefficient (Wildman–Crippen LogP) is 2.10. The minimum absolute atomic E-state index is 0.0431. The van der Waals surface area contributed by atoms with Crippen LogP contribution in [0.4, 0.5) is 10.1 Å². The minimum atomic E-state index is -0.182. The second-order valence-electron chi connectivity index (χ2n) is 6.25. The Morgan fingerprint density at radius 1 is 1.50 bits per heavy atom. The Hall–Kier alpha value is -1.13. The molecule has 1 heterocycles.